The lowest BCUT2D eigenvalue weighted by Crippen LogP contribution is -2.53. The second-order valence-corrected chi connectivity index (χ2v) is 6.57. The molecule has 0 aromatic rings. The van der Waals surface area contributed by atoms with Gasteiger partial charge in [-0.1, -0.05) is 33.6 Å². The third-order valence-corrected chi connectivity index (χ3v) is 5.14. The summed E-state index contributed by atoms with van der Waals surface area (Å²) in [6.07, 6.45) is 2.43. The molecule has 2 N–H and O–H groups in total. The van der Waals surface area contributed by atoms with E-state index in [9.17, 15) is 0 Å². The predicted octanol–water partition coefficient (Wildman–Crippen LogP) is 1.24. The lowest BCUT2D eigenvalue weighted by Gasteiger charge is -2.39. The second-order valence-electron chi connectivity index (χ2n) is 6.57. The van der Waals surface area contributed by atoms with Gasteiger partial charge in [-0.3, -0.25) is 9.89 Å². The van der Waals surface area contributed by atoms with Crippen molar-refractivity contribution in [3.63, 3.8) is 0 Å². The summed E-state index contributed by atoms with van der Waals surface area (Å²) in [4.78, 5) is 9.25. The van der Waals surface area contributed by atoms with Gasteiger partial charge in [-0.05, 0) is 19.5 Å². The Labute approximate surface area is 149 Å². The van der Waals surface area contributed by atoms with E-state index in [1.165, 1.54) is 12.8 Å². The Hall–Kier alpha value is -0.850. The minimum atomic E-state index is 0.542. The molecule has 0 aromatic heterocycles. The first-order valence-corrected chi connectivity index (χ1v) is 9.60. The second kappa shape index (κ2) is 12.5. The van der Waals surface area contributed by atoms with Crippen LogP contribution in [0.5, 0.6) is 0 Å². The lowest BCUT2D eigenvalue weighted by molar-refractivity contribution is 0.00272. The van der Waals surface area contributed by atoms with Crippen molar-refractivity contribution in [3.8, 4) is 0 Å². The minimum absolute atomic E-state index is 0.542. The maximum absolute atomic E-state index is 5.53. The van der Waals surface area contributed by atoms with Crippen LogP contribution in [0.15, 0.2) is 4.99 Å². The van der Waals surface area contributed by atoms with Crippen LogP contribution in [0, 0.1) is 5.92 Å². The fourth-order valence-electron chi connectivity index (χ4n) is 3.28. The zero-order valence-electron chi connectivity index (χ0n) is 16.5. The number of likely N-dealkylation sites (N-methyl/N-ethyl adjacent to an activating group) is 1. The summed E-state index contributed by atoms with van der Waals surface area (Å²) in [6.45, 7) is 14.5. The number of morpholine rings is 1. The monoisotopic (exact) mass is 341 g/mol. The molecule has 0 bridgehead atoms. The zero-order chi connectivity index (χ0) is 17.8. The Morgan fingerprint density at radius 2 is 1.83 bits per heavy atom. The summed E-state index contributed by atoms with van der Waals surface area (Å²) in [7, 11) is 3.99. The summed E-state index contributed by atoms with van der Waals surface area (Å²) in [5.41, 5.74) is 0. The number of nitrogens with zero attached hydrogens (tertiary/aromatic N) is 3. The largest absolute Gasteiger partial charge is 0.379 e. The van der Waals surface area contributed by atoms with Crippen LogP contribution in [0.3, 0.4) is 0 Å². The molecule has 6 heteroatoms. The molecule has 0 spiro atoms. The Bertz CT molecular complexity index is 340. The molecule has 0 aliphatic carbocycles. The van der Waals surface area contributed by atoms with E-state index in [1.54, 1.807) is 0 Å². The fraction of sp³-hybridized carbons (Fsp3) is 0.944. The van der Waals surface area contributed by atoms with Crippen LogP contribution in [0.4, 0.5) is 0 Å². The van der Waals surface area contributed by atoms with Crippen LogP contribution in [-0.2, 0) is 4.74 Å². The number of rotatable bonds is 10. The van der Waals surface area contributed by atoms with Gasteiger partial charge in [0.1, 0.15) is 0 Å². The molecule has 0 radical (unpaired) electrons. The first kappa shape index (κ1) is 21.2. The van der Waals surface area contributed by atoms with Gasteiger partial charge in [0.05, 0.1) is 13.2 Å². The topological polar surface area (TPSA) is 52.1 Å². The molecule has 6 nitrogen and oxygen atoms in total. The number of nitrogens with one attached hydrogen (secondary N) is 2. The van der Waals surface area contributed by atoms with Crippen molar-refractivity contribution in [2.75, 3.05) is 66.6 Å². The van der Waals surface area contributed by atoms with E-state index in [-0.39, 0.29) is 0 Å². The van der Waals surface area contributed by atoms with Crippen LogP contribution < -0.4 is 10.6 Å². The number of hydrogen-bond acceptors (Lipinski definition) is 4. The van der Waals surface area contributed by atoms with Crippen LogP contribution in [-0.4, -0.2) is 88.4 Å². The van der Waals surface area contributed by atoms with Gasteiger partial charge < -0.3 is 20.3 Å². The van der Waals surface area contributed by atoms with Crippen LogP contribution in [0.1, 0.15) is 33.6 Å². The number of hydrogen-bond donors (Lipinski definition) is 2. The van der Waals surface area contributed by atoms with Gasteiger partial charge in [-0.2, -0.15) is 0 Å². The molecule has 0 saturated carbocycles. The summed E-state index contributed by atoms with van der Waals surface area (Å²) in [5.74, 6) is 1.61. The van der Waals surface area contributed by atoms with Crippen molar-refractivity contribution >= 4 is 5.96 Å². The van der Waals surface area contributed by atoms with Crippen LogP contribution in [0.2, 0.25) is 0 Å². The molecule has 1 aliphatic rings. The van der Waals surface area contributed by atoms with Gasteiger partial charge in [-0.25, -0.2) is 0 Å². The first-order chi connectivity index (χ1) is 11.7. The molecule has 142 valence electrons. The van der Waals surface area contributed by atoms with Crippen molar-refractivity contribution in [1.29, 1.82) is 0 Å². The highest BCUT2D eigenvalue weighted by Crippen LogP contribution is 2.19. The van der Waals surface area contributed by atoms with E-state index in [0.29, 0.717) is 12.0 Å². The molecule has 1 atom stereocenters. The molecular weight excluding hydrogens is 302 g/mol. The van der Waals surface area contributed by atoms with Crippen LogP contribution in [0.25, 0.3) is 0 Å². The average molecular weight is 342 g/mol. The van der Waals surface area contributed by atoms with E-state index in [4.69, 9.17) is 4.74 Å². The Morgan fingerprint density at radius 3 is 2.38 bits per heavy atom. The molecule has 1 saturated heterocycles. The minimum Gasteiger partial charge on any atom is -0.379 e. The van der Waals surface area contributed by atoms with Gasteiger partial charge in [0, 0.05) is 45.8 Å². The summed E-state index contributed by atoms with van der Waals surface area (Å²) in [5, 5.41) is 6.97. The van der Waals surface area contributed by atoms with Gasteiger partial charge in [-0.15, -0.1) is 0 Å². The van der Waals surface area contributed by atoms with Crippen LogP contribution >= 0.6 is 0 Å². The maximum atomic E-state index is 5.53. The summed E-state index contributed by atoms with van der Waals surface area (Å²) < 4.78 is 5.53. The highest BCUT2D eigenvalue weighted by atomic mass is 16.5. The Kier molecular flexibility index (Phi) is 11.0. The summed E-state index contributed by atoms with van der Waals surface area (Å²) >= 11 is 0. The third-order valence-electron chi connectivity index (χ3n) is 5.14. The predicted molar refractivity (Wildman–Crippen MR) is 103 cm³/mol. The molecular formula is C18H39N5O. The standard InChI is InChI=1S/C18H39N5O/c1-6-16(7-2)17(23-11-13-24-14-12-23)15-21-18(19-4)20-9-10-22(5)8-3/h16-17H,6-15H2,1-5H3,(H2,19,20,21). The Balaban J connectivity index is 2.51. The van der Waals surface area contributed by atoms with E-state index >= 15 is 0 Å². The lowest BCUT2D eigenvalue weighted by atomic mass is 9.92. The smallest absolute Gasteiger partial charge is 0.191 e. The SMILES string of the molecule is CCC(CC)C(CNC(=NC)NCCN(C)CC)N1CCOCC1. The van der Waals surface area contributed by atoms with Crippen molar-refractivity contribution in [3.05, 3.63) is 0 Å². The molecule has 1 fully saturated rings. The number of ether oxygens (including phenoxy) is 1. The fourth-order valence-corrected chi connectivity index (χ4v) is 3.28. The highest BCUT2D eigenvalue weighted by molar-refractivity contribution is 5.79. The van der Waals surface area contributed by atoms with Crippen molar-refractivity contribution in [2.45, 2.75) is 39.7 Å². The quantitative estimate of drug-likeness (QED) is 0.462. The highest BCUT2D eigenvalue weighted by Gasteiger charge is 2.26. The van der Waals surface area contributed by atoms with Crippen molar-refractivity contribution < 1.29 is 4.74 Å². The van der Waals surface area contributed by atoms with E-state index in [0.717, 1.165) is 58.4 Å². The third kappa shape index (κ3) is 7.36. The summed E-state index contributed by atoms with van der Waals surface area (Å²) in [6, 6.07) is 0.542. The first-order valence-electron chi connectivity index (χ1n) is 9.60. The Morgan fingerprint density at radius 1 is 1.17 bits per heavy atom. The molecule has 0 aromatic carbocycles. The number of guanidine groups is 1. The van der Waals surface area contributed by atoms with Gasteiger partial charge in [0.2, 0.25) is 0 Å². The van der Waals surface area contributed by atoms with Gasteiger partial charge >= 0.3 is 0 Å². The van der Waals surface area contributed by atoms with Gasteiger partial charge in [0.15, 0.2) is 5.96 Å². The average Bonchev–Trinajstić information content (AvgIpc) is 2.63. The van der Waals surface area contributed by atoms with Crippen molar-refractivity contribution in [1.82, 2.24) is 20.4 Å². The molecule has 1 rings (SSSR count). The van der Waals surface area contributed by atoms with E-state index in [2.05, 4.69) is 53.2 Å². The van der Waals surface area contributed by atoms with Crippen molar-refractivity contribution in [2.24, 2.45) is 10.9 Å². The zero-order valence-corrected chi connectivity index (χ0v) is 16.5. The van der Waals surface area contributed by atoms with Gasteiger partial charge in [0.25, 0.3) is 0 Å². The molecule has 1 aliphatic heterocycles. The van der Waals surface area contributed by atoms with E-state index < -0.39 is 0 Å². The normalized spacial score (nSPS) is 18.2. The maximum Gasteiger partial charge on any atom is 0.191 e. The molecule has 1 heterocycles. The molecule has 24 heavy (non-hydrogen) atoms. The number of aliphatic imine (C=N–C) groups is 1. The van der Waals surface area contributed by atoms with E-state index in [1.807, 2.05) is 7.05 Å². The molecule has 1 unspecified atom stereocenters. The molecule has 0 amide bonds.